The molecule has 0 aliphatic heterocycles. The van der Waals surface area contributed by atoms with Gasteiger partial charge in [-0.25, -0.2) is 24.6 Å². The highest BCUT2D eigenvalue weighted by molar-refractivity contribution is 7.18. The van der Waals surface area contributed by atoms with Crippen molar-refractivity contribution in [3.05, 3.63) is 35.3 Å². The Morgan fingerprint density at radius 3 is 2.60 bits per heavy atom. The molecule has 1 aliphatic rings. The maximum atomic E-state index is 9.62. The van der Waals surface area contributed by atoms with E-state index in [1.54, 1.807) is 17.5 Å². The van der Waals surface area contributed by atoms with Gasteiger partial charge in [0.05, 0.1) is 11.4 Å². The Hall–Kier alpha value is -2.32. The summed E-state index contributed by atoms with van der Waals surface area (Å²) in [5.74, 6) is 6.58. The summed E-state index contributed by atoms with van der Waals surface area (Å²) in [5.41, 5.74) is 10.7. The van der Waals surface area contributed by atoms with E-state index in [2.05, 4.69) is 22.5 Å². The van der Waals surface area contributed by atoms with Gasteiger partial charge in [0, 0.05) is 22.0 Å². The van der Waals surface area contributed by atoms with Crippen LogP contribution in [0, 0.1) is 0 Å². The molecular formula is C17H19F2N5S. The van der Waals surface area contributed by atoms with E-state index in [4.69, 9.17) is 16.6 Å². The lowest BCUT2D eigenvalue weighted by Gasteiger charge is -2.23. The summed E-state index contributed by atoms with van der Waals surface area (Å²) in [5, 5.41) is 1.22. The van der Waals surface area contributed by atoms with Crippen LogP contribution in [0.15, 0.2) is 30.5 Å². The molecule has 3 aromatic heterocycles. The zero-order chi connectivity index (χ0) is 17.8. The van der Waals surface area contributed by atoms with Gasteiger partial charge in [-0.1, -0.05) is 6.42 Å². The van der Waals surface area contributed by atoms with E-state index in [0.29, 0.717) is 11.5 Å². The molecule has 132 valence electrons. The first kappa shape index (κ1) is 17.5. The standard InChI is InChI=1S/C16H17N5S.CH2F2/c17-12-6-11(8-19-15(12)21-18)13-5-4-10-7-14(9-2-1-3-9)22-16(10)20-13;2-1-3/h4-9H,1-3,17-18H2,(H,19,21);1H2. The maximum Gasteiger partial charge on any atom is 0.229 e. The molecule has 0 radical (unpaired) electrons. The Balaban J connectivity index is 0.000000569. The van der Waals surface area contributed by atoms with Crippen molar-refractivity contribution in [2.75, 3.05) is 18.1 Å². The van der Waals surface area contributed by atoms with Crippen molar-refractivity contribution < 1.29 is 8.78 Å². The van der Waals surface area contributed by atoms with Crippen LogP contribution in [0.2, 0.25) is 0 Å². The minimum Gasteiger partial charge on any atom is -0.396 e. The topological polar surface area (TPSA) is 89.8 Å². The van der Waals surface area contributed by atoms with Gasteiger partial charge < -0.3 is 11.2 Å². The number of hydrogen-bond acceptors (Lipinski definition) is 6. The van der Waals surface area contributed by atoms with E-state index < -0.39 is 6.93 Å². The Kier molecular flexibility index (Phi) is 5.40. The van der Waals surface area contributed by atoms with Crippen LogP contribution in [0.3, 0.4) is 0 Å². The Morgan fingerprint density at radius 1 is 1.24 bits per heavy atom. The maximum absolute atomic E-state index is 9.62. The molecule has 5 N–H and O–H groups in total. The minimum atomic E-state index is -1.75. The fourth-order valence-corrected chi connectivity index (χ4v) is 3.93. The van der Waals surface area contributed by atoms with Crippen molar-refractivity contribution >= 4 is 33.1 Å². The number of fused-ring (bicyclic) bond motifs is 1. The number of nitrogens with one attached hydrogen (secondary N) is 1. The number of pyridine rings is 2. The average molecular weight is 363 g/mol. The molecule has 8 heteroatoms. The number of hydrogen-bond donors (Lipinski definition) is 3. The lowest BCUT2D eigenvalue weighted by molar-refractivity contribution is 0.295. The number of nitrogens with zero attached hydrogens (tertiary/aromatic N) is 2. The minimum absolute atomic E-state index is 0.480. The van der Waals surface area contributed by atoms with Crippen LogP contribution in [0.25, 0.3) is 21.5 Å². The van der Waals surface area contributed by atoms with Gasteiger partial charge in [0.1, 0.15) is 4.83 Å². The number of rotatable bonds is 3. The first-order chi connectivity index (χ1) is 12.2. The number of aromatic nitrogens is 2. The normalized spacial score (nSPS) is 13.9. The third-order valence-electron chi connectivity index (χ3n) is 4.26. The van der Waals surface area contributed by atoms with Gasteiger partial charge in [0.25, 0.3) is 0 Å². The number of halogens is 2. The molecular weight excluding hydrogens is 344 g/mol. The van der Waals surface area contributed by atoms with Crippen LogP contribution >= 0.6 is 11.3 Å². The van der Waals surface area contributed by atoms with Crippen LogP contribution in [0.5, 0.6) is 0 Å². The van der Waals surface area contributed by atoms with Crippen LogP contribution in [0.1, 0.15) is 30.1 Å². The molecule has 4 rings (SSSR count). The van der Waals surface area contributed by atoms with Crippen molar-refractivity contribution in [1.29, 1.82) is 0 Å². The Morgan fingerprint density at radius 2 is 2.00 bits per heavy atom. The van der Waals surface area contributed by atoms with Gasteiger partial charge in [0.15, 0.2) is 5.82 Å². The van der Waals surface area contributed by atoms with Gasteiger partial charge in [-0.15, -0.1) is 11.3 Å². The van der Waals surface area contributed by atoms with E-state index in [9.17, 15) is 8.78 Å². The number of hydrazine groups is 1. The van der Waals surface area contributed by atoms with E-state index in [0.717, 1.165) is 22.0 Å². The Labute approximate surface area is 148 Å². The second-order valence-electron chi connectivity index (χ2n) is 5.77. The monoisotopic (exact) mass is 363 g/mol. The SMILES string of the molecule is FCF.NNc1ncc(-c2ccc3cc(C4CCC4)sc3n2)cc1N. The highest BCUT2D eigenvalue weighted by atomic mass is 32.1. The van der Waals surface area contributed by atoms with E-state index >= 15 is 0 Å². The van der Waals surface area contributed by atoms with E-state index in [1.165, 1.54) is 29.5 Å². The quantitative estimate of drug-likeness (QED) is 0.475. The summed E-state index contributed by atoms with van der Waals surface area (Å²) in [6.45, 7) is -1.75. The number of alkyl halides is 2. The van der Waals surface area contributed by atoms with Crippen LogP contribution in [-0.2, 0) is 0 Å². The zero-order valence-corrected chi connectivity index (χ0v) is 14.3. The van der Waals surface area contributed by atoms with Crippen LogP contribution in [0.4, 0.5) is 20.3 Å². The second-order valence-corrected chi connectivity index (χ2v) is 6.84. The molecule has 3 heterocycles. The average Bonchev–Trinajstić information content (AvgIpc) is 2.96. The van der Waals surface area contributed by atoms with Crippen molar-refractivity contribution in [2.24, 2.45) is 5.84 Å². The molecule has 0 unspecified atom stereocenters. The fourth-order valence-electron chi connectivity index (χ4n) is 2.73. The fraction of sp³-hybridized carbons (Fsp3) is 0.294. The van der Waals surface area contributed by atoms with Gasteiger partial charge in [0.2, 0.25) is 6.93 Å². The molecule has 1 aliphatic carbocycles. The predicted octanol–water partition coefficient (Wildman–Crippen LogP) is 4.38. The predicted molar refractivity (Wildman–Crippen MR) is 98.7 cm³/mol. The van der Waals surface area contributed by atoms with Gasteiger partial charge in [-0.3, -0.25) is 0 Å². The summed E-state index contributed by atoms with van der Waals surface area (Å²) in [7, 11) is 0. The number of nitrogen functional groups attached to an aromatic ring is 2. The molecule has 0 spiro atoms. The molecule has 3 aromatic rings. The van der Waals surface area contributed by atoms with Gasteiger partial charge in [-0.2, -0.15) is 0 Å². The summed E-state index contributed by atoms with van der Waals surface area (Å²) >= 11 is 1.81. The van der Waals surface area contributed by atoms with Gasteiger partial charge >= 0.3 is 0 Å². The number of thiophene rings is 1. The Bertz CT molecular complexity index is 863. The summed E-state index contributed by atoms with van der Waals surface area (Å²) in [6, 6.07) is 8.28. The molecule has 1 saturated carbocycles. The molecule has 0 amide bonds. The summed E-state index contributed by atoms with van der Waals surface area (Å²) in [6.07, 6.45) is 5.71. The van der Waals surface area contributed by atoms with E-state index in [1.807, 2.05) is 12.1 Å². The first-order valence-electron chi connectivity index (χ1n) is 7.91. The number of anilines is 2. The second kappa shape index (κ2) is 7.71. The van der Waals surface area contributed by atoms with Crippen LogP contribution in [-0.4, -0.2) is 16.9 Å². The molecule has 25 heavy (non-hydrogen) atoms. The largest absolute Gasteiger partial charge is 0.396 e. The summed E-state index contributed by atoms with van der Waals surface area (Å²) in [4.78, 5) is 11.5. The highest BCUT2D eigenvalue weighted by Crippen LogP contribution is 2.41. The van der Waals surface area contributed by atoms with Crippen molar-refractivity contribution in [3.8, 4) is 11.3 Å². The van der Waals surface area contributed by atoms with Crippen molar-refractivity contribution in [3.63, 3.8) is 0 Å². The van der Waals surface area contributed by atoms with Gasteiger partial charge in [-0.05, 0) is 43.0 Å². The molecule has 1 fully saturated rings. The molecule has 5 nitrogen and oxygen atoms in total. The third kappa shape index (κ3) is 3.69. The molecule has 0 bridgehead atoms. The van der Waals surface area contributed by atoms with E-state index in [-0.39, 0.29) is 0 Å². The lowest BCUT2D eigenvalue weighted by atomic mass is 9.84. The number of nitrogens with two attached hydrogens (primary N) is 2. The van der Waals surface area contributed by atoms with Crippen molar-refractivity contribution in [2.45, 2.75) is 25.2 Å². The lowest BCUT2D eigenvalue weighted by Crippen LogP contribution is -2.10. The first-order valence-corrected chi connectivity index (χ1v) is 8.72. The van der Waals surface area contributed by atoms with Crippen LogP contribution < -0.4 is 17.0 Å². The van der Waals surface area contributed by atoms with Crippen molar-refractivity contribution in [1.82, 2.24) is 9.97 Å². The zero-order valence-electron chi connectivity index (χ0n) is 13.5. The molecule has 0 aromatic carbocycles. The highest BCUT2D eigenvalue weighted by Gasteiger charge is 2.21. The molecule has 0 saturated heterocycles. The third-order valence-corrected chi connectivity index (χ3v) is 5.47. The summed E-state index contributed by atoms with van der Waals surface area (Å²) < 4.78 is 19.2. The smallest absolute Gasteiger partial charge is 0.229 e. The molecule has 0 atom stereocenters.